The van der Waals surface area contributed by atoms with Gasteiger partial charge in [0.15, 0.2) is 0 Å². The van der Waals surface area contributed by atoms with Crippen LogP contribution in [0.5, 0.6) is 0 Å². The molecule has 3 unspecified atom stereocenters. The van der Waals surface area contributed by atoms with Crippen LogP contribution in [0.1, 0.15) is 250 Å². The summed E-state index contributed by atoms with van der Waals surface area (Å²) >= 11 is 2.12. The van der Waals surface area contributed by atoms with E-state index in [4.69, 9.17) is 7.35 Å². The zero-order valence-corrected chi connectivity index (χ0v) is 50.8. The van der Waals surface area contributed by atoms with E-state index in [2.05, 4.69) is 39.5 Å². The van der Waals surface area contributed by atoms with Gasteiger partial charge < -0.3 is 21.3 Å². The number of rotatable bonds is 8. The second kappa shape index (κ2) is 38.6. The number of hydrogen-bond acceptors (Lipinski definition) is 8. The van der Waals surface area contributed by atoms with Crippen LogP contribution >= 0.6 is 23.1 Å². The predicted molar refractivity (Wildman–Crippen MR) is 300 cm³/mol. The van der Waals surface area contributed by atoms with Gasteiger partial charge in [0.05, 0.1) is 0 Å². The molecule has 0 spiro atoms. The van der Waals surface area contributed by atoms with Crippen LogP contribution in [0.2, 0.25) is 0 Å². The molecule has 73 heavy (non-hydrogen) atoms. The molecular weight excluding hydrogens is 1050 g/mol. The molecule has 0 amide bonds. The van der Waals surface area contributed by atoms with Crippen LogP contribution in [0.25, 0.3) is 21.3 Å². The third-order valence-electron chi connectivity index (χ3n) is 18.0. The molecule has 6 aliphatic carbocycles. The molecule has 10 aliphatic rings. The molecule has 17 heteroatoms. The number of nitrogens with zero attached hydrogens (tertiary/aromatic N) is 4. The maximum atomic E-state index is 10.4. The van der Waals surface area contributed by atoms with E-state index >= 15 is 0 Å². The number of allylic oxidation sites excluding steroid dienone is 2. The first-order chi connectivity index (χ1) is 35.6. The third-order valence-corrected chi connectivity index (χ3v) is 27.6. The molecule has 6 N–H and O–H groups in total. The molecule has 420 valence electrons. The van der Waals surface area contributed by atoms with Crippen molar-refractivity contribution in [1.29, 1.82) is 0 Å². The molecule has 9 fully saturated rings. The monoisotopic (exact) mass is 1160 g/mol. The van der Waals surface area contributed by atoms with Gasteiger partial charge in [-0.3, -0.25) is 0 Å². The number of piperidine rings is 3. The summed E-state index contributed by atoms with van der Waals surface area (Å²) in [6, 6.07) is 1.60. The molecule has 12 nitrogen and oxygen atoms in total. The standard InChI is InChI=1S/3C12H24O2P.C10H18N2.C10H14N2.2O.2V/c3*13-15(14,11-7-3-1-4-8-11)12-9-5-2-6-10-12;2*1-3-7-11-9(5-1)10-6-2-4-8-12-10;;;;/h3*11-14H,1-10H2;9-10H,1-8H2;1,3,5,10H,2,4,6-8H2;;;;/q3*+1;2*-2;;;;+2. The van der Waals surface area contributed by atoms with Gasteiger partial charge in [-0.05, 0) is 154 Å². The Morgan fingerprint density at radius 3 is 0.849 bits per heavy atom. The first-order valence-corrected chi connectivity index (χ1v) is 36.6. The van der Waals surface area contributed by atoms with Crippen molar-refractivity contribution in [2.24, 2.45) is 0 Å². The summed E-state index contributed by atoms with van der Waals surface area (Å²) in [4.78, 5) is 62.6. The van der Waals surface area contributed by atoms with Crippen LogP contribution in [0.4, 0.5) is 0 Å². The first-order valence-electron chi connectivity index (χ1n) is 30.0. The van der Waals surface area contributed by atoms with Crippen molar-refractivity contribution < 1.29 is 71.4 Å². The molecular formula is C56H104N4O8P3V2+. The fourth-order valence-electron chi connectivity index (χ4n) is 13.6. The summed E-state index contributed by atoms with van der Waals surface area (Å²) in [5.74, 6) is 0. The van der Waals surface area contributed by atoms with Gasteiger partial charge in [-0.25, -0.2) is 29.4 Å². The van der Waals surface area contributed by atoms with Crippen LogP contribution < -0.4 is 0 Å². The summed E-state index contributed by atoms with van der Waals surface area (Å²) in [5, 5.41) is 18.3. The third kappa shape index (κ3) is 23.5. The molecule has 3 saturated heterocycles. The Morgan fingerprint density at radius 1 is 0.370 bits per heavy atom. The second-order valence-corrected chi connectivity index (χ2v) is 31.7. The Morgan fingerprint density at radius 2 is 0.630 bits per heavy atom. The molecule has 4 aliphatic heterocycles. The van der Waals surface area contributed by atoms with Crippen molar-refractivity contribution in [2.75, 3.05) is 26.2 Å². The molecule has 0 aromatic rings. The van der Waals surface area contributed by atoms with E-state index in [0.29, 0.717) is 18.1 Å². The maximum absolute atomic E-state index is 10.4. The number of hydrogen-bond donors (Lipinski definition) is 6. The first kappa shape index (κ1) is 66.5. The van der Waals surface area contributed by atoms with Gasteiger partial charge in [0.25, 0.3) is 23.1 Å². The SMILES string of the molecule is C1=CC[N-]C(C2CCCC[N-]2)=C1.C1CCC(C2CCCC[N-]2)[N-]C1.O[P+](O)(C1CCCCC1)C1CCCCC1.O[P+](O)(C1CCCCC1)C1CCCCC1.O[P+](O)(C1CCCCC1)C1CCCCC1.[O]=[V+2].[O]=[V]. The van der Waals surface area contributed by atoms with Crippen LogP contribution in [0.3, 0.4) is 0 Å². The van der Waals surface area contributed by atoms with E-state index < -0.39 is 23.1 Å². The summed E-state index contributed by atoms with van der Waals surface area (Å²) in [6.07, 6.45) is 53.1. The molecule has 0 radical (unpaired) electrons. The van der Waals surface area contributed by atoms with Crippen molar-refractivity contribution in [3.05, 3.63) is 45.2 Å². The van der Waals surface area contributed by atoms with Crippen LogP contribution in [-0.4, -0.2) is 108 Å². The second-order valence-electron chi connectivity index (χ2n) is 23.1. The fraction of sp³-hybridized carbons (Fsp3) is 0.929. The molecule has 4 heterocycles. The Kier molecular flexibility index (Phi) is 35.2. The van der Waals surface area contributed by atoms with Crippen molar-refractivity contribution >= 4 is 23.1 Å². The summed E-state index contributed by atoms with van der Waals surface area (Å²) in [6.45, 7) is 4.06. The topological polar surface area (TPSA) is 212 Å². The van der Waals surface area contributed by atoms with Crippen molar-refractivity contribution in [1.82, 2.24) is 0 Å². The minimum atomic E-state index is -2.59. The molecule has 3 atom stereocenters. The Labute approximate surface area is 465 Å². The zero-order valence-electron chi connectivity index (χ0n) is 45.4. The molecule has 0 aromatic heterocycles. The van der Waals surface area contributed by atoms with Crippen molar-refractivity contribution in [3.63, 3.8) is 0 Å². The van der Waals surface area contributed by atoms with Gasteiger partial charge in [0.2, 0.25) is 0 Å². The van der Waals surface area contributed by atoms with E-state index in [-0.39, 0.29) is 34.0 Å². The van der Waals surface area contributed by atoms with Gasteiger partial charge in [0.1, 0.15) is 34.0 Å². The Bertz CT molecular complexity index is 1270. The average Bonchev–Trinajstić information content (AvgIpc) is 3.49. The average molecular weight is 1160 g/mol. The summed E-state index contributed by atoms with van der Waals surface area (Å²) < 4.78 is 16.4. The summed E-state index contributed by atoms with van der Waals surface area (Å²) in [5.41, 5.74) is 2.74. The van der Waals surface area contributed by atoms with E-state index in [9.17, 15) is 29.4 Å². The van der Waals surface area contributed by atoms with E-state index in [1.165, 1.54) is 179 Å². The zero-order chi connectivity index (χ0) is 52.6. The van der Waals surface area contributed by atoms with Gasteiger partial charge in [-0.1, -0.05) is 108 Å². The molecule has 10 rings (SSSR count). The van der Waals surface area contributed by atoms with Gasteiger partial charge in [-0.2, -0.15) is 17.8 Å². The van der Waals surface area contributed by atoms with E-state index in [1.54, 1.807) is 0 Å². The van der Waals surface area contributed by atoms with E-state index in [0.717, 1.165) is 138 Å². The molecule has 0 aromatic carbocycles. The van der Waals surface area contributed by atoms with Crippen LogP contribution in [0.15, 0.2) is 23.9 Å². The fourth-order valence-corrected chi connectivity index (χ4v) is 22.1. The Hall–Kier alpha value is 0.979. The van der Waals surface area contributed by atoms with Gasteiger partial charge in [-0.15, -0.1) is 38.3 Å². The molecule has 0 bridgehead atoms. The quantitative estimate of drug-likeness (QED) is 0.128. The Balaban J connectivity index is 0.000000195. The molecule has 6 saturated carbocycles. The predicted octanol–water partition coefficient (Wildman–Crippen LogP) is 15.8. The van der Waals surface area contributed by atoms with Crippen molar-refractivity contribution in [3.8, 4) is 0 Å². The van der Waals surface area contributed by atoms with E-state index in [1.807, 2.05) is 0 Å². The van der Waals surface area contributed by atoms with Gasteiger partial charge in [0, 0.05) is 0 Å². The normalized spacial score (nSPS) is 27.7. The van der Waals surface area contributed by atoms with Gasteiger partial charge >= 0.3 is 42.1 Å². The van der Waals surface area contributed by atoms with Crippen molar-refractivity contribution in [2.45, 2.75) is 302 Å². The van der Waals surface area contributed by atoms with Crippen LogP contribution in [0, 0.1) is 0 Å². The summed E-state index contributed by atoms with van der Waals surface area (Å²) in [7, 11) is -7.78. The minimum absolute atomic E-state index is 0.259. The van der Waals surface area contributed by atoms with Crippen LogP contribution in [-0.2, 0) is 42.1 Å².